The topological polar surface area (TPSA) is 82.6 Å². The van der Waals surface area contributed by atoms with Gasteiger partial charge in [0, 0.05) is 24.8 Å². The van der Waals surface area contributed by atoms with Crippen LogP contribution in [-0.2, 0) is 23.1 Å². The number of rotatable bonds is 9. The molecule has 7 nitrogen and oxygen atoms in total. The molecule has 0 aliphatic heterocycles. The van der Waals surface area contributed by atoms with Crippen molar-refractivity contribution < 1.29 is 13.2 Å². The lowest BCUT2D eigenvalue weighted by atomic mass is 10.1. The molecule has 0 saturated heterocycles. The predicted octanol–water partition coefficient (Wildman–Crippen LogP) is 3.21. The summed E-state index contributed by atoms with van der Waals surface area (Å²) in [5.74, 6) is -0.498. The highest BCUT2D eigenvalue weighted by molar-refractivity contribution is 7.92. The average Bonchev–Trinajstić information content (AvgIpc) is 2.78. The molecule has 0 spiro atoms. The monoisotopic (exact) mass is 438 g/mol. The number of amides is 1. The Balaban J connectivity index is 1.68. The minimum Gasteiger partial charge on any atom is -0.294 e. The third-order valence-electron chi connectivity index (χ3n) is 4.71. The van der Waals surface area contributed by atoms with E-state index in [1.165, 1.54) is 0 Å². The van der Waals surface area contributed by atoms with Crippen LogP contribution < -0.4 is 9.84 Å². The normalized spacial score (nSPS) is 11.3. The predicted molar refractivity (Wildman–Crippen MR) is 122 cm³/mol. The first-order valence-corrected chi connectivity index (χ1v) is 11.8. The molecule has 1 N–H and O–H groups in total. The number of para-hydroxylation sites is 1. The second-order valence-corrected chi connectivity index (χ2v) is 8.96. The molecule has 1 amide bonds. The Hall–Kier alpha value is -3.23. The summed E-state index contributed by atoms with van der Waals surface area (Å²) in [5, 5.41) is 0. The number of anilines is 1. The van der Waals surface area contributed by atoms with Crippen molar-refractivity contribution in [2.45, 2.75) is 20.0 Å². The summed E-state index contributed by atoms with van der Waals surface area (Å²) < 4.78 is 25.2. The molecular formula is C23H26N4O3S. The van der Waals surface area contributed by atoms with Crippen LogP contribution in [-0.4, -0.2) is 37.0 Å². The fraction of sp³-hybridized carbons (Fsp3) is 0.217. The largest absolute Gasteiger partial charge is 0.294 e. The van der Waals surface area contributed by atoms with Crippen molar-refractivity contribution >= 4 is 21.6 Å². The lowest BCUT2D eigenvalue weighted by Crippen LogP contribution is -2.45. The van der Waals surface area contributed by atoms with E-state index < -0.39 is 15.9 Å². The molecule has 8 heteroatoms. The number of carbonyl (C=O) groups is 1. The quantitative estimate of drug-likeness (QED) is 0.519. The van der Waals surface area contributed by atoms with E-state index in [0.717, 1.165) is 35.0 Å². The van der Waals surface area contributed by atoms with E-state index >= 15 is 0 Å². The van der Waals surface area contributed by atoms with Crippen LogP contribution in [0.2, 0.25) is 0 Å². The molecule has 3 rings (SSSR count). The SMILES string of the molecule is CCN(Cc1ccc(C(=O)NN(c2ccccc2)S(C)(=O)=O)cc1)Cc1ccccn1. The second-order valence-electron chi connectivity index (χ2n) is 7.13. The molecule has 0 fully saturated rings. The molecule has 0 aliphatic carbocycles. The number of aromatic nitrogens is 1. The maximum Gasteiger partial charge on any atom is 0.270 e. The van der Waals surface area contributed by atoms with E-state index in [9.17, 15) is 13.2 Å². The molecule has 1 heterocycles. The first-order valence-electron chi connectivity index (χ1n) is 9.94. The van der Waals surface area contributed by atoms with Crippen molar-refractivity contribution in [2.24, 2.45) is 0 Å². The van der Waals surface area contributed by atoms with Crippen LogP contribution in [0.5, 0.6) is 0 Å². The molecule has 31 heavy (non-hydrogen) atoms. The third-order valence-corrected chi connectivity index (χ3v) is 5.67. The van der Waals surface area contributed by atoms with Gasteiger partial charge < -0.3 is 0 Å². The molecule has 0 saturated carbocycles. The third kappa shape index (κ3) is 6.37. The second kappa shape index (κ2) is 10.2. The Morgan fingerprint density at radius 1 is 0.935 bits per heavy atom. The maximum atomic E-state index is 12.7. The molecular weight excluding hydrogens is 412 g/mol. The van der Waals surface area contributed by atoms with E-state index in [4.69, 9.17) is 0 Å². The molecule has 0 atom stereocenters. The zero-order valence-corrected chi connectivity index (χ0v) is 18.4. The fourth-order valence-electron chi connectivity index (χ4n) is 3.08. The maximum absolute atomic E-state index is 12.7. The van der Waals surface area contributed by atoms with E-state index in [1.807, 2.05) is 30.3 Å². The number of nitrogens with zero attached hydrogens (tertiary/aromatic N) is 3. The van der Waals surface area contributed by atoms with Gasteiger partial charge in [0.05, 0.1) is 17.6 Å². The van der Waals surface area contributed by atoms with Gasteiger partial charge >= 0.3 is 0 Å². The number of sulfonamides is 1. The van der Waals surface area contributed by atoms with E-state index in [0.29, 0.717) is 17.8 Å². The Morgan fingerprint density at radius 3 is 2.19 bits per heavy atom. The molecule has 3 aromatic rings. The summed E-state index contributed by atoms with van der Waals surface area (Å²) in [6.07, 6.45) is 2.83. The Morgan fingerprint density at radius 2 is 1.61 bits per heavy atom. The summed E-state index contributed by atoms with van der Waals surface area (Å²) in [4.78, 5) is 19.3. The molecule has 162 valence electrons. The Bertz CT molecular complexity index is 1090. The van der Waals surface area contributed by atoms with Gasteiger partial charge in [0.1, 0.15) is 0 Å². The van der Waals surface area contributed by atoms with Crippen LogP contribution in [0.15, 0.2) is 79.0 Å². The smallest absolute Gasteiger partial charge is 0.270 e. The highest BCUT2D eigenvalue weighted by Crippen LogP contribution is 2.15. The van der Waals surface area contributed by atoms with E-state index in [-0.39, 0.29) is 0 Å². The van der Waals surface area contributed by atoms with E-state index in [2.05, 4.69) is 22.2 Å². The summed E-state index contributed by atoms with van der Waals surface area (Å²) >= 11 is 0. The first kappa shape index (κ1) is 22.5. The number of pyridine rings is 1. The Labute approximate surface area is 183 Å². The molecule has 0 aliphatic rings. The summed E-state index contributed by atoms with van der Waals surface area (Å²) in [6, 6.07) is 21.4. The number of hydrogen-bond acceptors (Lipinski definition) is 5. The van der Waals surface area contributed by atoms with Gasteiger partial charge in [-0.05, 0) is 48.5 Å². The van der Waals surface area contributed by atoms with Crippen LogP contribution in [0.4, 0.5) is 5.69 Å². The highest BCUT2D eigenvalue weighted by Gasteiger charge is 2.20. The number of carbonyl (C=O) groups excluding carboxylic acids is 1. The molecule has 0 unspecified atom stereocenters. The van der Waals surface area contributed by atoms with Crippen molar-refractivity contribution in [1.82, 2.24) is 15.3 Å². The minimum atomic E-state index is -3.69. The molecule has 1 aromatic heterocycles. The zero-order valence-electron chi connectivity index (χ0n) is 17.6. The van der Waals surface area contributed by atoms with Gasteiger partial charge in [-0.15, -0.1) is 0 Å². The van der Waals surface area contributed by atoms with Crippen LogP contribution in [0, 0.1) is 0 Å². The van der Waals surface area contributed by atoms with Gasteiger partial charge in [-0.1, -0.05) is 43.3 Å². The first-order chi connectivity index (χ1) is 14.9. The van der Waals surface area contributed by atoms with Crippen LogP contribution in [0.1, 0.15) is 28.5 Å². The van der Waals surface area contributed by atoms with Gasteiger partial charge in [-0.2, -0.15) is 4.41 Å². The molecule has 0 bridgehead atoms. The Kier molecular flexibility index (Phi) is 7.38. The van der Waals surface area contributed by atoms with E-state index in [1.54, 1.807) is 48.7 Å². The standard InChI is InChI=1S/C23H26N4O3S/c1-3-26(18-21-9-7-8-16-24-21)17-19-12-14-20(15-13-19)23(28)25-27(31(2,29)30)22-10-5-4-6-11-22/h4-16H,3,17-18H2,1-2H3,(H,25,28). The highest BCUT2D eigenvalue weighted by atomic mass is 32.2. The van der Waals surface area contributed by atoms with Crippen molar-refractivity contribution in [3.63, 3.8) is 0 Å². The summed E-state index contributed by atoms with van der Waals surface area (Å²) in [7, 11) is -3.69. The number of hydrazine groups is 1. The number of hydrogen-bond donors (Lipinski definition) is 1. The zero-order chi connectivity index (χ0) is 22.3. The lowest BCUT2D eigenvalue weighted by molar-refractivity contribution is 0.0955. The summed E-state index contributed by atoms with van der Waals surface area (Å²) in [6.45, 7) is 4.40. The van der Waals surface area contributed by atoms with Crippen molar-refractivity contribution in [1.29, 1.82) is 0 Å². The van der Waals surface area contributed by atoms with Gasteiger partial charge in [0.25, 0.3) is 5.91 Å². The molecule has 0 radical (unpaired) electrons. The summed E-state index contributed by atoms with van der Waals surface area (Å²) in [5.41, 5.74) is 5.28. The van der Waals surface area contributed by atoms with Gasteiger partial charge in [0.15, 0.2) is 0 Å². The van der Waals surface area contributed by atoms with Crippen LogP contribution >= 0.6 is 0 Å². The van der Waals surface area contributed by atoms with Gasteiger partial charge in [-0.3, -0.25) is 14.7 Å². The average molecular weight is 439 g/mol. The number of benzene rings is 2. The lowest BCUT2D eigenvalue weighted by Gasteiger charge is -2.23. The number of nitrogens with one attached hydrogen (secondary N) is 1. The van der Waals surface area contributed by atoms with Crippen LogP contribution in [0.25, 0.3) is 0 Å². The van der Waals surface area contributed by atoms with Crippen molar-refractivity contribution in [2.75, 3.05) is 17.2 Å². The van der Waals surface area contributed by atoms with Gasteiger partial charge in [-0.25, -0.2) is 13.8 Å². The van der Waals surface area contributed by atoms with Gasteiger partial charge in [0.2, 0.25) is 10.0 Å². The fourth-order valence-corrected chi connectivity index (χ4v) is 3.83. The minimum absolute atomic E-state index is 0.364. The van der Waals surface area contributed by atoms with Crippen molar-refractivity contribution in [3.8, 4) is 0 Å². The van der Waals surface area contributed by atoms with Crippen molar-refractivity contribution in [3.05, 3.63) is 95.8 Å². The molecule has 2 aromatic carbocycles. The van der Waals surface area contributed by atoms with Crippen LogP contribution in [0.3, 0.4) is 0 Å².